The molecule has 1 aromatic carbocycles. The van der Waals surface area contributed by atoms with Gasteiger partial charge in [-0.1, -0.05) is 6.07 Å². The number of hydrogen-bond donors (Lipinski definition) is 3. The summed E-state index contributed by atoms with van der Waals surface area (Å²) in [5.74, 6) is -0.545. The Labute approximate surface area is 109 Å². The van der Waals surface area contributed by atoms with E-state index in [4.69, 9.17) is 4.74 Å². The van der Waals surface area contributed by atoms with E-state index in [0.29, 0.717) is 16.6 Å². The minimum atomic E-state index is -1.22. The standard InChI is InChI=1S/C12H15N3O4/c1-2-19-11(17)6-10(16)12(18)7-3-4-8-9(5-7)14-15-13-8/h3-5,10,12,16,18H,2,6H2,1H3,(H,13,14,15). The maximum Gasteiger partial charge on any atom is 0.308 e. The fraction of sp³-hybridized carbons (Fsp3) is 0.417. The van der Waals surface area contributed by atoms with Crippen LogP contribution in [0, 0.1) is 0 Å². The molecule has 2 atom stereocenters. The van der Waals surface area contributed by atoms with Crippen LogP contribution in [0.1, 0.15) is 25.0 Å². The Morgan fingerprint density at radius 1 is 1.37 bits per heavy atom. The van der Waals surface area contributed by atoms with Gasteiger partial charge >= 0.3 is 5.97 Å². The molecule has 2 aromatic rings. The molecule has 1 heterocycles. The number of carbonyl (C=O) groups excluding carboxylic acids is 1. The molecule has 0 aliphatic carbocycles. The first-order chi connectivity index (χ1) is 9.11. The van der Waals surface area contributed by atoms with Crippen LogP contribution in [0.3, 0.4) is 0 Å². The number of fused-ring (bicyclic) bond motifs is 1. The van der Waals surface area contributed by atoms with E-state index < -0.39 is 18.2 Å². The third-order valence-corrected chi connectivity index (χ3v) is 2.73. The van der Waals surface area contributed by atoms with Crippen molar-refractivity contribution in [1.82, 2.24) is 15.4 Å². The fourth-order valence-corrected chi connectivity index (χ4v) is 1.77. The predicted molar refractivity (Wildman–Crippen MR) is 66.1 cm³/mol. The van der Waals surface area contributed by atoms with Gasteiger partial charge in [0, 0.05) is 0 Å². The lowest BCUT2D eigenvalue weighted by molar-refractivity contribution is -0.147. The second kappa shape index (κ2) is 5.77. The second-order valence-electron chi connectivity index (χ2n) is 4.09. The summed E-state index contributed by atoms with van der Waals surface area (Å²) in [5.41, 5.74) is 1.72. The summed E-state index contributed by atoms with van der Waals surface area (Å²) >= 11 is 0. The SMILES string of the molecule is CCOC(=O)CC(O)C(O)c1ccc2n[nH]nc2c1. The molecule has 0 bridgehead atoms. The molecule has 0 amide bonds. The number of nitrogens with one attached hydrogen (secondary N) is 1. The van der Waals surface area contributed by atoms with Gasteiger partial charge in [-0.3, -0.25) is 4.79 Å². The lowest BCUT2D eigenvalue weighted by atomic mass is 10.0. The Morgan fingerprint density at radius 3 is 2.84 bits per heavy atom. The molecule has 102 valence electrons. The Hall–Kier alpha value is -1.99. The molecular weight excluding hydrogens is 250 g/mol. The molecule has 0 radical (unpaired) electrons. The normalized spacial score (nSPS) is 14.3. The molecule has 2 unspecified atom stereocenters. The summed E-state index contributed by atoms with van der Waals surface area (Å²) in [6, 6.07) is 4.91. The predicted octanol–water partition coefficient (Wildman–Crippen LogP) is 0.305. The van der Waals surface area contributed by atoms with E-state index in [1.54, 1.807) is 25.1 Å². The number of aliphatic hydroxyl groups is 2. The lowest BCUT2D eigenvalue weighted by Crippen LogP contribution is -2.23. The number of hydrogen-bond acceptors (Lipinski definition) is 6. The van der Waals surface area contributed by atoms with Gasteiger partial charge in [0.1, 0.15) is 17.1 Å². The molecule has 0 fully saturated rings. The number of nitrogens with zero attached hydrogens (tertiary/aromatic N) is 2. The molecule has 7 nitrogen and oxygen atoms in total. The molecule has 2 rings (SSSR count). The van der Waals surface area contributed by atoms with Crippen molar-refractivity contribution in [2.45, 2.75) is 25.6 Å². The average Bonchev–Trinajstić information content (AvgIpc) is 2.85. The van der Waals surface area contributed by atoms with Crippen molar-refractivity contribution >= 4 is 17.0 Å². The van der Waals surface area contributed by atoms with E-state index in [9.17, 15) is 15.0 Å². The number of benzene rings is 1. The number of ether oxygens (including phenoxy) is 1. The third kappa shape index (κ3) is 3.07. The largest absolute Gasteiger partial charge is 0.466 e. The number of aromatic nitrogens is 3. The van der Waals surface area contributed by atoms with Crippen LogP contribution in [0.25, 0.3) is 11.0 Å². The quantitative estimate of drug-likeness (QED) is 0.671. The molecule has 0 aliphatic heterocycles. The highest BCUT2D eigenvalue weighted by molar-refractivity contribution is 5.74. The Bertz CT molecular complexity index is 569. The van der Waals surface area contributed by atoms with Crippen LogP contribution in [0.5, 0.6) is 0 Å². The summed E-state index contributed by atoms with van der Waals surface area (Å²) in [6.45, 7) is 1.92. The van der Waals surface area contributed by atoms with Crippen molar-refractivity contribution in [3.05, 3.63) is 23.8 Å². The number of carbonyl (C=O) groups is 1. The van der Waals surface area contributed by atoms with Gasteiger partial charge in [0.2, 0.25) is 0 Å². The van der Waals surface area contributed by atoms with Crippen molar-refractivity contribution in [2.75, 3.05) is 6.61 Å². The Balaban J connectivity index is 2.09. The first kappa shape index (κ1) is 13.4. The molecule has 0 saturated heterocycles. The maximum atomic E-state index is 11.2. The van der Waals surface area contributed by atoms with E-state index in [1.807, 2.05) is 0 Å². The zero-order valence-corrected chi connectivity index (χ0v) is 10.4. The zero-order valence-electron chi connectivity index (χ0n) is 10.4. The molecule has 0 spiro atoms. The van der Waals surface area contributed by atoms with E-state index in [-0.39, 0.29) is 13.0 Å². The number of H-pyrrole nitrogens is 1. The average molecular weight is 265 g/mol. The van der Waals surface area contributed by atoms with Crippen molar-refractivity contribution < 1.29 is 19.7 Å². The summed E-state index contributed by atoms with van der Waals surface area (Å²) in [4.78, 5) is 11.2. The molecule has 0 aliphatic rings. The third-order valence-electron chi connectivity index (χ3n) is 2.73. The Morgan fingerprint density at radius 2 is 2.11 bits per heavy atom. The highest BCUT2D eigenvalue weighted by atomic mass is 16.5. The maximum absolute atomic E-state index is 11.2. The van der Waals surface area contributed by atoms with Crippen LogP contribution < -0.4 is 0 Å². The topological polar surface area (TPSA) is 108 Å². The van der Waals surface area contributed by atoms with E-state index >= 15 is 0 Å². The number of rotatable bonds is 5. The van der Waals surface area contributed by atoms with Crippen LogP contribution in [0.4, 0.5) is 0 Å². The number of aliphatic hydroxyl groups excluding tert-OH is 2. The van der Waals surface area contributed by atoms with Gasteiger partial charge in [0.25, 0.3) is 0 Å². The number of esters is 1. The minimum Gasteiger partial charge on any atom is -0.466 e. The van der Waals surface area contributed by atoms with Gasteiger partial charge < -0.3 is 14.9 Å². The van der Waals surface area contributed by atoms with Crippen LogP contribution in [-0.4, -0.2) is 44.3 Å². The van der Waals surface area contributed by atoms with Gasteiger partial charge in [-0.15, -0.1) is 0 Å². The van der Waals surface area contributed by atoms with Gasteiger partial charge in [-0.25, -0.2) is 0 Å². The van der Waals surface area contributed by atoms with Crippen LogP contribution >= 0.6 is 0 Å². The monoisotopic (exact) mass is 265 g/mol. The van der Waals surface area contributed by atoms with Crippen LogP contribution in [0.15, 0.2) is 18.2 Å². The van der Waals surface area contributed by atoms with Gasteiger partial charge in [0.05, 0.1) is 19.1 Å². The fourth-order valence-electron chi connectivity index (χ4n) is 1.77. The van der Waals surface area contributed by atoms with Crippen LogP contribution in [0.2, 0.25) is 0 Å². The van der Waals surface area contributed by atoms with Crippen molar-refractivity contribution in [2.24, 2.45) is 0 Å². The summed E-state index contributed by atoms with van der Waals surface area (Å²) in [6.07, 6.45) is -2.65. The zero-order chi connectivity index (χ0) is 13.8. The highest BCUT2D eigenvalue weighted by Gasteiger charge is 2.22. The van der Waals surface area contributed by atoms with Gasteiger partial charge in [-0.05, 0) is 24.6 Å². The lowest BCUT2D eigenvalue weighted by Gasteiger charge is -2.17. The van der Waals surface area contributed by atoms with Gasteiger partial charge in [-0.2, -0.15) is 15.4 Å². The van der Waals surface area contributed by atoms with E-state index in [0.717, 1.165) is 0 Å². The molecular formula is C12H15N3O4. The summed E-state index contributed by atoms with van der Waals surface area (Å²) in [7, 11) is 0. The molecule has 3 N–H and O–H groups in total. The van der Waals surface area contributed by atoms with E-state index in [2.05, 4.69) is 15.4 Å². The smallest absolute Gasteiger partial charge is 0.308 e. The minimum absolute atomic E-state index is 0.243. The summed E-state index contributed by atoms with van der Waals surface area (Å²) in [5, 5.41) is 30.0. The van der Waals surface area contributed by atoms with Crippen molar-refractivity contribution in [3.63, 3.8) is 0 Å². The number of aromatic amines is 1. The molecule has 19 heavy (non-hydrogen) atoms. The van der Waals surface area contributed by atoms with Crippen molar-refractivity contribution in [1.29, 1.82) is 0 Å². The van der Waals surface area contributed by atoms with E-state index in [1.165, 1.54) is 0 Å². The molecule has 7 heteroatoms. The molecule has 1 aromatic heterocycles. The van der Waals surface area contributed by atoms with Gasteiger partial charge in [0.15, 0.2) is 0 Å². The summed E-state index contributed by atoms with van der Waals surface area (Å²) < 4.78 is 4.72. The Kier molecular flexibility index (Phi) is 4.08. The highest BCUT2D eigenvalue weighted by Crippen LogP contribution is 2.22. The first-order valence-electron chi connectivity index (χ1n) is 5.94. The first-order valence-corrected chi connectivity index (χ1v) is 5.94. The molecule has 0 saturated carbocycles. The second-order valence-corrected chi connectivity index (χ2v) is 4.09. The van der Waals surface area contributed by atoms with Crippen LogP contribution in [-0.2, 0) is 9.53 Å². The van der Waals surface area contributed by atoms with Crippen molar-refractivity contribution in [3.8, 4) is 0 Å².